The standard InChI is InChI=1S/C70H47BN2S/c1-68(2,3)42-38-61-64-62(39-42)73(44-24-8-5-9-25-44)65-63-50-31-15-21-37-57(50)70(55-35-19-12-28-47(55)48-29-13-20-36-56(48)70)66(63)74-67(65)71(64)59-41-58-51(40-60(59)72(61)43-22-6-4-7-23-43)49-30-14-18-34-54(49)69(58)52-32-16-10-26-45(52)46-27-11-17-33-53(46)69/h4-41H,1-3H3. The number of anilines is 6. The van der Waals surface area contributed by atoms with Crippen molar-refractivity contribution in [3.05, 3.63) is 280 Å². The highest BCUT2D eigenvalue weighted by Gasteiger charge is 2.58. The Labute approximate surface area is 436 Å². The summed E-state index contributed by atoms with van der Waals surface area (Å²) in [5, 5.41) is 0. The third-order valence-corrected chi connectivity index (χ3v) is 19.1. The van der Waals surface area contributed by atoms with Gasteiger partial charge in [-0.2, -0.15) is 0 Å². The monoisotopic (exact) mass is 958 g/mol. The molecule has 10 aromatic carbocycles. The Morgan fingerprint density at radius 2 is 0.784 bits per heavy atom. The number of rotatable bonds is 2. The maximum atomic E-state index is 2.70. The molecule has 0 bridgehead atoms. The third kappa shape index (κ3) is 4.80. The molecule has 0 unspecified atom stereocenters. The van der Waals surface area contributed by atoms with E-state index in [9.17, 15) is 0 Å². The van der Waals surface area contributed by atoms with Gasteiger partial charge < -0.3 is 9.80 Å². The molecule has 74 heavy (non-hydrogen) atoms. The van der Waals surface area contributed by atoms with Gasteiger partial charge in [-0.15, -0.1) is 11.3 Å². The molecule has 17 rings (SSSR count). The van der Waals surface area contributed by atoms with Gasteiger partial charge in [-0.1, -0.05) is 209 Å². The van der Waals surface area contributed by atoms with Gasteiger partial charge in [0.2, 0.25) is 0 Å². The molecular weight excluding hydrogens is 912 g/mol. The maximum Gasteiger partial charge on any atom is 0.264 e. The molecule has 2 nitrogen and oxygen atoms in total. The minimum Gasteiger partial charge on any atom is -0.311 e. The number of hydrogen-bond acceptors (Lipinski definition) is 3. The molecule has 11 aromatic rings. The summed E-state index contributed by atoms with van der Waals surface area (Å²) in [4.78, 5) is 6.73. The van der Waals surface area contributed by atoms with Crippen LogP contribution >= 0.6 is 11.3 Å². The van der Waals surface area contributed by atoms with Crippen molar-refractivity contribution in [1.29, 1.82) is 0 Å². The highest BCUT2D eigenvalue weighted by molar-refractivity contribution is 7.30. The van der Waals surface area contributed by atoms with Crippen molar-refractivity contribution in [3.8, 4) is 44.5 Å². The van der Waals surface area contributed by atoms with Crippen molar-refractivity contribution in [1.82, 2.24) is 0 Å². The largest absolute Gasteiger partial charge is 0.311 e. The van der Waals surface area contributed by atoms with Crippen LogP contribution in [0.2, 0.25) is 0 Å². The first kappa shape index (κ1) is 41.1. The van der Waals surface area contributed by atoms with Crippen LogP contribution < -0.4 is 25.5 Å². The van der Waals surface area contributed by atoms with E-state index in [4.69, 9.17) is 0 Å². The van der Waals surface area contributed by atoms with Gasteiger partial charge in [-0.05, 0) is 142 Å². The van der Waals surface area contributed by atoms with Crippen LogP contribution in [0.1, 0.15) is 70.2 Å². The van der Waals surface area contributed by atoms with E-state index in [0.29, 0.717) is 0 Å². The van der Waals surface area contributed by atoms with Crippen molar-refractivity contribution >= 4 is 67.9 Å². The fourth-order valence-electron chi connectivity index (χ4n) is 15.0. The van der Waals surface area contributed by atoms with Gasteiger partial charge in [0.25, 0.3) is 6.71 Å². The van der Waals surface area contributed by atoms with Crippen molar-refractivity contribution in [3.63, 3.8) is 0 Å². The van der Waals surface area contributed by atoms with Gasteiger partial charge in [0.15, 0.2) is 0 Å². The molecule has 3 heterocycles. The summed E-state index contributed by atoms with van der Waals surface area (Å²) >= 11 is 2.07. The minimum atomic E-state index is -0.490. The van der Waals surface area contributed by atoms with Crippen LogP contribution in [0.3, 0.4) is 0 Å². The Morgan fingerprint density at radius 1 is 0.378 bits per heavy atom. The molecule has 0 radical (unpaired) electrons. The summed E-state index contributed by atoms with van der Waals surface area (Å²) < 4.78 is 1.40. The molecule has 4 heteroatoms. The molecule has 6 aliphatic rings. The van der Waals surface area contributed by atoms with E-state index in [1.54, 1.807) is 0 Å². The van der Waals surface area contributed by atoms with Gasteiger partial charge in [0, 0.05) is 43.7 Å². The van der Waals surface area contributed by atoms with E-state index in [1.165, 1.54) is 138 Å². The van der Waals surface area contributed by atoms with Crippen molar-refractivity contribution in [2.45, 2.75) is 37.0 Å². The molecule has 1 aromatic heterocycles. The van der Waals surface area contributed by atoms with Crippen molar-refractivity contribution in [2.24, 2.45) is 0 Å². The normalized spacial score (nSPS) is 15.4. The Morgan fingerprint density at radius 3 is 1.28 bits per heavy atom. The average molecular weight is 959 g/mol. The maximum absolute atomic E-state index is 2.70. The van der Waals surface area contributed by atoms with Crippen molar-refractivity contribution < 1.29 is 0 Å². The van der Waals surface area contributed by atoms with Gasteiger partial charge >= 0.3 is 0 Å². The highest BCUT2D eigenvalue weighted by atomic mass is 32.1. The molecule has 0 amide bonds. The number of nitrogens with zero attached hydrogens (tertiary/aromatic N) is 2. The molecular formula is C70H47BN2S. The molecule has 2 aliphatic heterocycles. The number of fused-ring (bicyclic) bond motifs is 25. The van der Waals surface area contributed by atoms with Gasteiger partial charge in [0.05, 0.1) is 16.5 Å². The van der Waals surface area contributed by atoms with Gasteiger partial charge in [0.1, 0.15) is 0 Å². The number of para-hydroxylation sites is 2. The fourth-order valence-corrected chi connectivity index (χ4v) is 16.6. The predicted octanol–water partition coefficient (Wildman–Crippen LogP) is 15.8. The second-order valence-electron chi connectivity index (χ2n) is 22.2. The molecule has 4 aliphatic carbocycles. The van der Waals surface area contributed by atoms with Crippen molar-refractivity contribution in [2.75, 3.05) is 9.80 Å². The van der Waals surface area contributed by atoms with Crippen LogP contribution in [0.15, 0.2) is 231 Å². The van der Waals surface area contributed by atoms with Crippen LogP contribution in [-0.4, -0.2) is 6.71 Å². The number of benzene rings is 10. The molecule has 0 atom stereocenters. The zero-order valence-electron chi connectivity index (χ0n) is 41.3. The number of thiophene rings is 1. The summed E-state index contributed by atoms with van der Waals surface area (Å²) in [6, 6.07) is 88.5. The lowest BCUT2D eigenvalue weighted by atomic mass is 9.35. The summed E-state index contributed by atoms with van der Waals surface area (Å²) in [6.45, 7) is 7.05. The van der Waals surface area contributed by atoms with E-state index < -0.39 is 10.8 Å². The summed E-state index contributed by atoms with van der Waals surface area (Å²) in [6.07, 6.45) is 0. The first-order valence-electron chi connectivity index (χ1n) is 26.2. The molecule has 0 saturated carbocycles. The van der Waals surface area contributed by atoms with E-state index >= 15 is 0 Å². The molecule has 2 spiro atoms. The summed E-state index contributed by atoms with van der Waals surface area (Å²) in [5.41, 5.74) is 30.5. The van der Waals surface area contributed by atoms with Crippen LogP contribution in [0.25, 0.3) is 44.5 Å². The molecule has 0 saturated heterocycles. The quantitative estimate of drug-likeness (QED) is 0.159. The van der Waals surface area contributed by atoms with E-state index in [2.05, 4.69) is 272 Å². The second-order valence-corrected chi connectivity index (χ2v) is 23.3. The lowest BCUT2D eigenvalue weighted by Crippen LogP contribution is -2.61. The molecule has 0 N–H and O–H groups in total. The topological polar surface area (TPSA) is 6.48 Å². The van der Waals surface area contributed by atoms with E-state index in [0.717, 1.165) is 5.69 Å². The van der Waals surface area contributed by atoms with Crippen LogP contribution in [0, 0.1) is 0 Å². The Balaban J connectivity index is 1.05. The van der Waals surface area contributed by atoms with Gasteiger partial charge in [-0.25, -0.2) is 0 Å². The van der Waals surface area contributed by atoms with Crippen LogP contribution in [-0.2, 0) is 16.2 Å². The SMILES string of the molecule is CC(C)(C)c1cc2c3c(c1)N(c1ccccc1)c1c(sc4c1-c1ccccc1C41c4ccccc4-c4ccccc41)B3c1cc3c(cc1N2c1ccccc1)-c1ccccc1C31c2ccccc2-c2ccccc21. The Kier molecular flexibility index (Phi) is 7.88. The fraction of sp³-hybridized carbons (Fsp3) is 0.0857. The first-order chi connectivity index (χ1) is 36.4. The van der Waals surface area contributed by atoms with Crippen LogP contribution in [0.5, 0.6) is 0 Å². The lowest BCUT2D eigenvalue weighted by Gasteiger charge is -2.45. The average Bonchev–Trinajstić information content (AvgIpc) is 4.24. The van der Waals surface area contributed by atoms with Crippen LogP contribution in [0.4, 0.5) is 34.1 Å². The minimum absolute atomic E-state index is 0.0800. The summed E-state index contributed by atoms with van der Waals surface area (Å²) in [7, 11) is 0. The Hall–Kier alpha value is -8.44. The number of hydrogen-bond donors (Lipinski definition) is 0. The van der Waals surface area contributed by atoms with E-state index in [1.807, 2.05) is 0 Å². The zero-order valence-corrected chi connectivity index (χ0v) is 42.1. The lowest BCUT2D eigenvalue weighted by molar-refractivity contribution is 0.590. The first-order valence-corrected chi connectivity index (χ1v) is 27.0. The third-order valence-electron chi connectivity index (χ3n) is 17.8. The molecule has 346 valence electrons. The Bertz CT molecular complexity index is 4180. The van der Waals surface area contributed by atoms with Gasteiger partial charge in [-0.3, -0.25) is 0 Å². The van der Waals surface area contributed by atoms with E-state index in [-0.39, 0.29) is 12.1 Å². The zero-order chi connectivity index (χ0) is 48.8. The second kappa shape index (κ2) is 14.2. The highest BCUT2D eigenvalue weighted by Crippen LogP contribution is 2.68. The molecule has 0 fully saturated rings. The predicted molar refractivity (Wildman–Crippen MR) is 310 cm³/mol. The smallest absolute Gasteiger partial charge is 0.264 e. The summed E-state index contributed by atoms with van der Waals surface area (Å²) in [5.74, 6) is 0.